The van der Waals surface area contributed by atoms with Crippen molar-refractivity contribution in [2.75, 3.05) is 12.4 Å². The molecule has 1 N–H and O–H groups in total. The fourth-order valence-corrected chi connectivity index (χ4v) is 1.77. The van der Waals surface area contributed by atoms with Crippen LogP contribution in [0.3, 0.4) is 0 Å². The number of hydrogen-bond donors (Lipinski definition) is 1. The predicted octanol–water partition coefficient (Wildman–Crippen LogP) is 0.336. The Bertz CT molecular complexity index is 269. The maximum atomic E-state index is 3.18. The molecule has 0 atom stereocenters. The lowest BCUT2D eigenvalue weighted by molar-refractivity contribution is 1.34. The van der Waals surface area contributed by atoms with Gasteiger partial charge >= 0.3 is 0 Å². The van der Waals surface area contributed by atoms with Gasteiger partial charge in [0.2, 0.25) is 0 Å². The van der Waals surface area contributed by atoms with E-state index in [9.17, 15) is 0 Å². The van der Waals surface area contributed by atoms with E-state index in [4.69, 9.17) is 0 Å². The highest BCUT2D eigenvalue weighted by molar-refractivity contribution is 6.33. The van der Waals surface area contributed by atoms with E-state index >= 15 is 0 Å². The maximum Gasteiger partial charge on any atom is 0.0388 e. The molecule has 2 heteroatoms. The van der Waals surface area contributed by atoms with Gasteiger partial charge in [-0.05, 0) is 31.0 Å². The zero-order valence-electron chi connectivity index (χ0n) is 7.65. The summed E-state index contributed by atoms with van der Waals surface area (Å²) in [5, 5.41) is 4.68. The zero-order chi connectivity index (χ0) is 8.43. The van der Waals surface area contributed by atoms with E-state index in [0.29, 0.717) is 0 Å². The lowest BCUT2D eigenvalue weighted by Gasteiger charge is -2.09. The lowest BCUT2D eigenvalue weighted by atomic mass is 10.1. The van der Waals surface area contributed by atoms with Crippen molar-refractivity contribution in [2.24, 2.45) is 0 Å². The van der Waals surface area contributed by atoms with Gasteiger partial charge in [0, 0.05) is 23.0 Å². The molecular formula is C9H15NSi. The molecule has 0 aliphatic heterocycles. The van der Waals surface area contributed by atoms with Crippen LogP contribution in [0.4, 0.5) is 5.69 Å². The van der Waals surface area contributed by atoms with E-state index in [0.717, 1.165) is 10.2 Å². The molecule has 0 fully saturated rings. The van der Waals surface area contributed by atoms with Crippen LogP contribution in [0.2, 0.25) is 0 Å². The number of anilines is 1. The first-order valence-corrected chi connectivity index (χ1v) is 4.91. The van der Waals surface area contributed by atoms with Crippen LogP contribution in [0.1, 0.15) is 11.1 Å². The topological polar surface area (TPSA) is 12.0 Å². The minimum absolute atomic E-state index is 1.15. The summed E-state index contributed by atoms with van der Waals surface area (Å²) in [6.45, 7) is 4.36. The summed E-state index contributed by atoms with van der Waals surface area (Å²) >= 11 is 0. The first-order valence-electron chi connectivity index (χ1n) is 3.91. The Morgan fingerprint density at radius 1 is 1.18 bits per heavy atom. The summed E-state index contributed by atoms with van der Waals surface area (Å²) in [4.78, 5) is 0. The van der Waals surface area contributed by atoms with Gasteiger partial charge in [-0.15, -0.1) is 0 Å². The number of benzene rings is 1. The molecule has 60 valence electrons. The van der Waals surface area contributed by atoms with Crippen molar-refractivity contribution in [2.45, 2.75) is 13.8 Å². The van der Waals surface area contributed by atoms with Crippen LogP contribution >= 0.6 is 0 Å². The Balaban J connectivity index is 3.25. The Kier molecular flexibility index (Phi) is 2.34. The second-order valence-electron chi connectivity index (χ2n) is 2.93. The van der Waals surface area contributed by atoms with Crippen molar-refractivity contribution in [3.63, 3.8) is 0 Å². The van der Waals surface area contributed by atoms with E-state index in [1.807, 2.05) is 7.05 Å². The monoisotopic (exact) mass is 165 g/mol. The third-order valence-electron chi connectivity index (χ3n) is 2.33. The highest BCUT2D eigenvalue weighted by atomic mass is 28.1. The predicted molar refractivity (Wildman–Crippen MR) is 55.0 cm³/mol. The molecule has 1 nitrogen and oxygen atoms in total. The SMILES string of the molecule is CNc1ccc([SiH3])c(C)c1C. The molecule has 0 saturated carbocycles. The second-order valence-corrected chi connectivity index (χ2v) is 4.01. The summed E-state index contributed by atoms with van der Waals surface area (Å²) in [7, 11) is 3.11. The summed E-state index contributed by atoms with van der Waals surface area (Å²) in [6, 6.07) is 4.37. The minimum atomic E-state index is 1.15. The first-order chi connectivity index (χ1) is 5.16. The van der Waals surface area contributed by atoms with Crippen LogP contribution in [0.25, 0.3) is 0 Å². The summed E-state index contributed by atoms with van der Waals surface area (Å²) in [6.07, 6.45) is 0. The van der Waals surface area contributed by atoms with Crippen LogP contribution in [-0.2, 0) is 0 Å². The Morgan fingerprint density at radius 3 is 2.36 bits per heavy atom. The quantitative estimate of drug-likeness (QED) is 0.592. The Labute approximate surface area is 71.2 Å². The van der Waals surface area contributed by atoms with Crippen molar-refractivity contribution in [1.82, 2.24) is 0 Å². The molecule has 0 bridgehead atoms. The van der Waals surface area contributed by atoms with E-state index in [1.165, 1.54) is 22.0 Å². The maximum absolute atomic E-state index is 3.18. The highest BCUT2D eigenvalue weighted by Crippen LogP contribution is 2.14. The fraction of sp³-hybridized carbons (Fsp3) is 0.333. The molecule has 0 aliphatic carbocycles. The van der Waals surface area contributed by atoms with Crippen molar-refractivity contribution in [3.8, 4) is 0 Å². The van der Waals surface area contributed by atoms with Crippen LogP contribution in [0, 0.1) is 13.8 Å². The van der Waals surface area contributed by atoms with Gasteiger partial charge in [-0.2, -0.15) is 0 Å². The van der Waals surface area contributed by atoms with Gasteiger partial charge in [0.25, 0.3) is 0 Å². The molecule has 0 spiro atoms. The van der Waals surface area contributed by atoms with Gasteiger partial charge in [-0.3, -0.25) is 0 Å². The third kappa shape index (κ3) is 1.45. The molecule has 0 saturated heterocycles. The third-order valence-corrected chi connectivity index (χ3v) is 3.41. The molecule has 1 rings (SSSR count). The van der Waals surface area contributed by atoms with Gasteiger partial charge in [0.15, 0.2) is 0 Å². The molecule has 0 aliphatic rings. The molecule has 0 radical (unpaired) electrons. The standard InChI is InChI=1S/C9H15NSi/c1-6-7(2)9(11)5-4-8(6)10-3/h4-5,10H,1-3,11H3. The van der Waals surface area contributed by atoms with Gasteiger partial charge < -0.3 is 5.32 Å². The van der Waals surface area contributed by atoms with Crippen molar-refractivity contribution in [3.05, 3.63) is 23.3 Å². The first kappa shape index (κ1) is 8.33. The fourth-order valence-electron chi connectivity index (χ4n) is 1.23. The van der Waals surface area contributed by atoms with E-state index in [1.54, 1.807) is 0 Å². The molecule has 0 aromatic heterocycles. The van der Waals surface area contributed by atoms with Crippen LogP contribution in [0.15, 0.2) is 12.1 Å². The number of nitrogens with one attached hydrogen (secondary N) is 1. The number of hydrogen-bond acceptors (Lipinski definition) is 1. The zero-order valence-corrected chi connectivity index (χ0v) is 9.65. The molecule has 1 aromatic carbocycles. The normalized spacial score (nSPS) is 10.1. The Hall–Kier alpha value is -0.763. The van der Waals surface area contributed by atoms with E-state index in [2.05, 4.69) is 31.3 Å². The van der Waals surface area contributed by atoms with Crippen LogP contribution in [0.5, 0.6) is 0 Å². The van der Waals surface area contributed by atoms with Gasteiger partial charge in [0.1, 0.15) is 0 Å². The summed E-state index contributed by atoms with van der Waals surface area (Å²) in [5.74, 6) is 0. The van der Waals surface area contributed by atoms with Crippen LogP contribution < -0.4 is 10.5 Å². The molecule has 1 aromatic rings. The van der Waals surface area contributed by atoms with Crippen molar-refractivity contribution in [1.29, 1.82) is 0 Å². The molecule has 0 heterocycles. The van der Waals surface area contributed by atoms with E-state index < -0.39 is 0 Å². The average Bonchev–Trinajstić information content (AvgIpc) is 2.01. The molecular weight excluding hydrogens is 150 g/mol. The summed E-state index contributed by atoms with van der Waals surface area (Å²) < 4.78 is 0. The van der Waals surface area contributed by atoms with Crippen molar-refractivity contribution >= 4 is 21.1 Å². The smallest absolute Gasteiger partial charge is 0.0388 e. The lowest BCUT2D eigenvalue weighted by Crippen LogP contribution is -2.09. The largest absolute Gasteiger partial charge is 0.388 e. The minimum Gasteiger partial charge on any atom is -0.388 e. The highest BCUT2D eigenvalue weighted by Gasteiger charge is 2.00. The second kappa shape index (κ2) is 3.09. The van der Waals surface area contributed by atoms with Gasteiger partial charge in [-0.1, -0.05) is 11.3 Å². The molecule has 0 amide bonds. The number of rotatable bonds is 1. The van der Waals surface area contributed by atoms with Gasteiger partial charge in [0.05, 0.1) is 0 Å². The molecule has 0 unspecified atom stereocenters. The van der Waals surface area contributed by atoms with E-state index in [-0.39, 0.29) is 0 Å². The van der Waals surface area contributed by atoms with Crippen LogP contribution in [-0.4, -0.2) is 17.3 Å². The van der Waals surface area contributed by atoms with Crippen molar-refractivity contribution < 1.29 is 0 Å². The molecule has 11 heavy (non-hydrogen) atoms. The Morgan fingerprint density at radius 2 is 1.82 bits per heavy atom. The summed E-state index contributed by atoms with van der Waals surface area (Å²) in [5.41, 5.74) is 4.09. The van der Waals surface area contributed by atoms with Gasteiger partial charge in [-0.25, -0.2) is 0 Å². The average molecular weight is 165 g/mol.